The maximum Gasteiger partial charge on any atom is 0.123 e. The highest BCUT2D eigenvalue weighted by Crippen LogP contribution is 2.47. The van der Waals surface area contributed by atoms with Crippen molar-refractivity contribution in [1.82, 2.24) is 5.32 Å². The molecule has 0 aromatic heterocycles. The van der Waals surface area contributed by atoms with Gasteiger partial charge in [0.05, 0.1) is 6.61 Å². The Balaban J connectivity index is 1.53. The minimum atomic E-state index is -0.165. The van der Waals surface area contributed by atoms with Crippen LogP contribution < -0.4 is 10.1 Å². The summed E-state index contributed by atoms with van der Waals surface area (Å²) in [7, 11) is 0. The number of hydrogen-bond acceptors (Lipinski definition) is 2. The molecule has 1 saturated carbocycles. The Kier molecular flexibility index (Phi) is 4.44. The summed E-state index contributed by atoms with van der Waals surface area (Å²) in [4.78, 5) is 0. The van der Waals surface area contributed by atoms with Gasteiger partial charge in [0, 0.05) is 18.5 Å². The van der Waals surface area contributed by atoms with E-state index in [0.29, 0.717) is 6.61 Å². The molecule has 0 atom stereocenters. The number of ether oxygens (including phenoxy) is 1. The quantitative estimate of drug-likeness (QED) is 0.833. The number of benzene rings is 2. The summed E-state index contributed by atoms with van der Waals surface area (Å²) in [6, 6.07) is 15.1. The van der Waals surface area contributed by atoms with E-state index < -0.39 is 0 Å². The van der Waals surface area contributed by atoms with E-state index in [1.165, 1.54) is 24.0 Å². The monoisotopic (exact) mass is 299 g/mol. The summed E-state index contributed by atoms with van der Waals surface area (Å²) >= 11 is 0. The SMILES string of the molecule is CCOc1ccc(CNCC2(c3ccc(F)cc3)CC2)cc1. The zero-order valence-corrected chi connectivity index (χ0v) is 12.9. The number of rotatable bonds is 7. The predicted octanol–water partition coefficient (Wildman–Crippen LogP) is 4.05. The molecule has 1 fully saturated rings. The first-order valence-electron chi connectivity index (χ1n) is 7.90. The number of halogens is 1. The van der Waals surface area contributed by atoms with Gasteiger partial charge in [-0.3, -0.25) is 0 Å². The second-order valence-corrected chi connectivity index (χ2v) is 5.97. The standard InChI is InChI=1S/C19H22FNO/c1-2-22-18-9-3-15(4-10-18)13-21-14-19(11-12-19)16-5-7-17(20)8-6-16/h3-10,21H,2,11-14H2,1H3. The molecule has 2 nitrogen and oxygen atoms in total. The molecule has 0 saturated heterocycles. The van der Waals surface area contributed by atoms with Crippen LogP contribution in [0.15, 0.2) is 48.5 Å². The fourth-order valence-corrected chi connectivity index (χ4v) is 2.84. The highest BCUT2D eigenvalue weighted by atomic mass is 19.1. The number of nitrogens with one attached hydrogen (secondary N) is 1. The molecule has 1 aliphatic rings. The van der Waals surface area contributed by atoms with E-state index in [9.17, 15) is 4.39 Å². The molecule has 0 unspecified atom stereocenters. The third-order valence-corrected chi connectivity index (χ3v) is 4.34. The zero-order chi connectivity index (χ0) is 15.4. The fourth-order valence-electron chi connectivity index (χ4n) is 2.84. The van der Waals surface area contributed by atoms with Gasteiger partial charge in [0.15, 0.2) is 0 Å². The highest BCUT2D eigenvalue weighted by Gasteiger charge is 2.43. The lowest BCUT2D eigenvalue weighted by atomic mass is 9.96. The average Bonchev–Trinajstić information content (AvgIpc) is 3.31. The molecule has 116 valence electrons. The molecule has 22 heavy (non-hydrogen) atoms. The first kappa shape index (κ1) is 15.0. The zero-order valence-electron chi connectivity index (χ0n) is 12.9. The molecule has 1 aliphatic carbocycles. The summed E-state index contributed by atoms with van der Waals surface area (Å²) in [5, 5.41) is 3.53. The Labute approximate surface area is 131 Å². The Bertz CT molecular complexity index is 602. The lowest BCUT2D eigenvalue weighted by Crippen LogP contribution is -2.26. The van der Waals surface area contributed by atoms with Crippen molar-refractivity contribution in [2.45, 2.75) is 31.7 Å². The van der Waals surface area contributed by atoms with E-state index in [2.05, 4.69) is 17.4 Å². The van der Waals surface area contributed by atoms with E-state index >= 15 is 0 Å². The van der Waals surface area contributed by atoms with Crippen LogP contribution in [-0.4, -0.2) is 13.2 Å². The molecule has 0 heterocycles. The maximum atomic E-state index is 13.0. The second-order valence-electron chi connectivity index (χ2n) is 5.97. The third kappa shape index (κ3) is 3.47. The van der Waals surface area contributed by atoms with E-state index in [1.807, 2.05) is 31.2 Å². The maximum absolute atomic E-state index is 13.0. The van der Waals surface area contributed by atoms with Crippen molar-refractivity contribution >= 4 is 0 Å². The molecular formula is C19H22FNO. The summed E-state index contributed by atoms with van der Waals surface area (Å²) in [5.41, 5.74) is 2.70. The molecule has 0 aliphatic heterocycles. The van der Waals surface area contributed by atoms with Gasteiger partial charge in [-0.2, -0.15) is 0 Å². The van der Waals surface area contributed by atoms with Crippen molar-refractivity contribution in [3.63, 3.8) is 0 Å². The Hall–Kier alpha value is -1.87. The highest BCUT2D eigenvalue weighted by molar-refractivity contribution is 5.32. The smallest absolute Gasteiger partial charge is 0.123 e. The lowest BCUT2D eigenvalue weighted by molar-refractivity contribution is 0.340. The van der Waals surface area contributed by atoms with Crippen molar-refractivity contribution in [2.75, 3.05) is 13.2 Å². The van der Waals surface area contributed by atoms with Crippen LogP contribution in [0.4, 0.5) is 4.39 Å². The summed E-state index contributed by atoms with van der Waals surface area (Å²) in [6.07, 6.45) is 2.35. The minimum absolute atomic E-state index is 0.165. The first-order chi connectivity index (χ1) is 10.7. The molecular weight excluding hydrogens is 277 g/mol. The largest absolute Gasteiger partial charge is 0.494 e. The molecule has 3 rings (SSSR count). The van der Waals surface area contributed by atoms with Crippen LogP contribution in [0.5, 0.6) is 5.75 Å². The van der Waals surface area contributed by atoms with Gasteiger partial charge >= 0.3 is 0 Å². The molecule has 0 amide bonds. The Morgan fingerprint density at radius 1 is 1.05 bits per heavy atom. The lowest BCUT2D eigenvalue weighted by Gasteiger charge is -2.17. The van der Waals surface area contributed by atoms with Crippen molar-refractivity contribution in [3.05, 3.63) is 65.5 Å². The van der Waals surface area contributed by atoms with Crippen LogP contribution in [0.25, 0.3) is 0 Å². The van der Waals surface area contributed by atoms with Gasteiger partial charge < -0.3 is 10.1 Å². The van der Waals surface area contributed by atoms with Crippen LogP contribution in [0.1, 0.15) is 30.9 Å². The van der Waals surface area contributed by atoms with Gasteiger partial charge in [0.1, 0.15) is 11.6 Å². The van der Waals surface area contributed by atoms with Gasteiger partial charge in [-0.1, -0.05) is 24.3 Å². The topological polar surface area (TPSA) is 21.3 Å². The third-order valence-electron chi connectivity index (χ3n) is 4.34. The van der Waals surface area contributed by atoms with Crippen LogP contribution in [0, 0.1) is 5.82 Å². The minimum Gasteiger partial charge on any atom is -0.494 e. The van der Waals surface area contributed by atoms with E-state index in [1.54, 1.807) is 12.1 Å². The predicted molar refractivity (Wildman–Crippen MR) is 86.6 cm³/mol. The fraction of sp³-hybridized carbons (Fsp3) is 0.368. The molecule has 3 heteroatoms. The molecule has 1 N–H and O–H groups in total. The summed E-state index contributed by atoms with van der Waals surface area (Å²) < 4.78 is 18.5. The van der Waals surface area contributed by atoms with Crippen LogP contribution in [0.3, 0.4) is 0 Å². The van der Waals surface area contributed by atoms with Gasteiger partial charge in [-0.05, 0) is 55.2 Å². The molecule has 0 bridgehead atoms. The molecule has 2 aromatic carbocycles. The van der Waals surface area contributed by atoms with Crippen LogP contribution in [0.2, 0.25) is 0 Å². The molecule has 2 aromatic rings. The van der Waals surface area contributed by atoms with Gasteiger partial charge in [0.25, 0.3) is 0 Å². The van der Waals surface area contributed by atoms with Crippen LogP contribution >= 0.6 is 0 Å². The van der Waals surface area contributed by atoms with Crippen molar-refractivity contribution < 1.29 is 9.13 Å². The van der Waals surface area contributed by atoms with Crippen LogP contribution in [-0.2, 0) is 12.0 Å². The molecule has 0 radical (unpaired) electrons. The van der Waals surface area contributed by atoms with Gasteiger partial charge in [-0.15, -0.1) is 0 Å². The Morgan fingerprint density at radius 2 is 1.73 bits per heavy atom. The Morgan fingerprint density at radius 3 is 2.32 bits per heavy atom. The van der Waals surface area contributed by atoms with Crippen molar-refractivity contribution in [2.24, 2.45) is 0 Å². The van der Waals surface area contributed by atoms with E-state index in [0.717, 1.165) is 18.8 Å². The summed E-state index contributed by atoms with van der Waals surface area (Å²) in [6.45, 7) is 4.46. The van der Waals surface area contributed by atoms with Crippen molar-refractivity contribution in [1.29, 1.82) is 0 Å². The van der Waals surface area contributed by atoms with E-state index in [4.69, 9.17) is 4.74 Å². The van der Waals surface area contributed by atoms with E-state index in [-0.39, 0.29) is 11.2 Å². The second kappa shape index (κ2) is 6.49. The van der Waals surface area contributed by atoms with Gasteiger partial charge in [0.2, 0.25) is 0 Å². The summed E-state index contributed by atoms with van der Waals surface area (Å²) in [5.74, 6) is 0.748. The first-order valence-corrected chi connectivity index (χ1v) is 7.90. The average molecular weight is 299 g/mol. The normalized spacial score (nSPS) is 15.5. The van der Waals surface area contributed by atoms with Gasteiger partial charge in [-0.25, -0.2) is 4.39 Å². The number of hydrogen-bond donors (Lipinski definition) is 1. The molecule has 0 spiro atoms. The van der Waals surface area contributed by atoms with Crippen molar-refractivity contribution in [3.8, 4) is 5.75 Å².